The van der Waals surface area contributed by atoms with Gasteiger partial charge < -0.3 is 9.30 Å². The molecular weight excluding hydrogens is 408 g/mol. The summed E-state index contributed by atoms with van der Waals surface area (Å²) in [5.41, 5.74) is 3.05. The summed E-state index contributed by atoms with van der Waals surface area (Å²) < 4.78 is 7.20. The number of aryl methyl sites for hydroxylation is 1. The lowest BCUT2D eigenvalue weighted by atomic mass is 9.85. The highest BCUT2D eigenvalue weighted by atomic mass is 16.5. The lowest BCUT2D eigenvalue weighted by Crippen LogP contribution is -2.44. The van der Waals surface area contributed by atoms with Crippen LogP contribution in [0.15, 0.2) is 48.6 Å². The largest absolute Gasteiger partial charge is 0.456 e. The number of likely N-dealkylation sites (tertiary alicyclic amines) is 1. The minimum absolute atomic E-state index is 0.335. The average molecular weight is 434 g/mol. The molecule has 1 aliphatic carbocycles. The van der Waals surface area contributed by atoms with E-state index in [1.54, 1.807) is 6.07 Å². The molecule has 0 spiro atoms. The van der Waals surface area contributed by atoms with Crippen LogP contribution in [-0.2, 0) is 19.1 Å². The predicted molar refractivity (Wildman–Crippen MR) is 117 cm³/mol. The Labute approximate surface area is 186 Å². The van der Waals surface area contributed by atoms with Crippen LogP contribution in [0.5, 0.6) is 0 Å². The van der Waals surface area contributed by atoms with Crippen LogP contribution in [0.2, 0.25) is 0 Å². The highest BCUT2D eigenvalue weighted by Gasteiger charge is 2.50. The van der Waals surface area contributed by atoms with E-state index in [9.17, 15) is 19.2 Å². The SMILES string of the molecule is Cc1cc(C(=O)COC(=O)[C@H](C)N2C(=O)[C@@H]3CC=CC[C@H]3C2=O)c(C)n1-c1ccccc1. The summed E-state index contributed by atoms with van der Waals surface area (Å²) in [5, 5.41) is 0. The lowest BCUT2D eigenvalue weighted by molar-refractivity contribution is -0.157. The maximum Gasteiger partial charge on any atom is 0.329 e. The third-order valence-electron chi connectivity index (χ3n) is 6.36. The Morgan fingerprint density at radius 2 is 1.62 bits per heavy atom. The van der Waals surface area contributed by atoms with Gasteiger partial charge in [-0.15, -0.1) is 0 Å². The van der Waals surface area contributed by atoms with Crippen molar-refractivity contribution in [1.29, 1.82) is 0 Å². The molecule has 2 aliphatic rings. The van der Waals surface area contributed by atoms with Crippen molar-refractivity contribution in [2.24, 2.45) is 11.8 Å². The van der Waals surface area contributed by atoms with Gasteiger partial charge in [-0.1, -0.05) is 30.4 Å². The van der Waals surface area contributed by atoms with E-state index in [2.05, 4.69) is 0 Å². The molecule has 1 saturated heterocycles. The number of hydrogen-bond donors (Lipinski definition) is 0. The normalized spacial score (nSPS) is 20.9. The first-order valence-electron chi connectivity index (χ1n) is 10.8. The molecule has 166 valence electrons. The first-order valence-corrected chi connectivity index (χ1v) is 10.8. The maximum atomic E-state index is 12.8. The fraction of sp³-hybridized carbons (Fsp3) is 0.360. The number of ether oxygens (including phenoxy) is 1. The smallest absolute Gasteiger partial charge is 0.329 e. The molecule has 3 atom stereocenters. The Balaban J connectivity index is 1.43. The zero-order valence-corrected chi connectivity index (χ0v) is 18.4. The molecule has 32 heavy (non-hydrogen) atoms. The van der Waals surface area contributed by atoms with Crippen molar-refractivity contribution >= 4 is 23.6 Å². The summed E-state index contributed by atoms with van der Waals surface area (Å²) in [6, 6.07) is 10.4. The van der Waals surface area contributed by atoms with Crippen LogP contribution in [0.1, 0.15) is 41.5 Å². The molecule has 1 fully saturated rings. The van der Waals surface area contributed by atoms with Gasteiger partial charge in [-0.25, -0.2) is 4.79 Å². The minimum atomic E-state index is -1.06. The number of aromatic nitrogens is 1. The molecule has 7 nitrogen and oxygen atoms in total. The van der Waals surface area contributed by atoms with E-state index in [0.29, 0.717) is 18.4 Å². The Morgan fingerprint density at radius 3 is 2.22 bits per heavy atom. The Hall–Kier alpha value is -3.48. The highest BCUT2D eigenvalue weighted by molar-refractivity contribution is 6.08. The number of esters is 1. The van der Waals surface area contributed by atoms with Gasteiger partial charge in [-0.2, -0.15) is 0 Å². The van der Waals surface area contributed by atoms with Crippen LogP contribution in [0, 0.1) is 25.7 Å². The van der Waals surface area contributed by atoms with E-state index in [1.165, 1.54) is 6.92 Å². The third kappa shape index (κ3) is 3.68. The number of fused-ring (bicyclic) bond motifs is 1. The molecular formula is C25H26N2O5. The van der Waals surface area contributed by atoms with Crippen molar-refractivity contribution in [3.8, 4) is 5.69 Å². The van der Waals surface area contributed by atoms with Gasteiger partial charge >= 0.3 is 5.97 Å². The fourth-order valence-corrected chi connectivity index (χ4v) is 4.67. The van der Waals surface area contributed by atoms with E-state index in [-0.39, 0.29) is 17.6 Å². The van der Waals surface area contributed by atoms with Crippen molar-refractivity contribution in [2.45, 2.75) is 39.7 Å². The maximum absolute atomic E-state index is 12.8. The lowest BCUT2D eigenvalue weighted by Gasteiger charge is -2.21. The number of nitrogens with zero attached hydrogens (tertiary/aromatic N) is 2. The number of amides is 2. The van der Waals surface area contributed by atoms with Crippen LogP contribution >= 0.6 is 0 Å². The zero-order valence-electron chi connectivity index (χ0n) is 18.4. The Kier molecular flexibility index (Phi) is 5.82. The van der Waals surface area contributed by atoms with Gasteiger partial charge in [0.15, 0.2) is 6.61 Å². The second-order valence-corrected chi connectivity index (χ2v) is 8.36. The Bertz CT molecular complexity index is 1090. The molecule has 0 bridgehead atoms. The van der Waals surface area contributed by atoms with E-state index < -0.39 is 30.5 Å². The number of imide groups is 1. The Morgan fingerprint density at radius 1 is 1.03 bits per heavy atom. The van der Waals surface area contributed by atoms with E-state index in [4.69, 9.17) is 4.74 Å². The van der Waals surface area contributed by atoms with Crippen molar-refractivity contribution in [2.75, 3.05) is 6.61 Å². The van der Waals surface area contributed by atoms with Crippen molar-refractivity contribution in [1.82, 2.24) is 9.47 Å². The first-order chi connectivity index (χ1) is 15.3. The van der Waals surface area contributed by atoms with E-state index in [0.717, 1.165) is 22.0 Å². The first kappa shape index (κ1) is 21.7. The summed E-state index contributed by atoms with van der Waals surface area (Å²) in [6.45, 7) is 4.76. The molecule has 7 heteroatoms. The van der Waals surface area contributed by atoms with Gasteiger partial charge in [-0.05, 0) is 51.8 Å². The highest BCUT2D eigenvalue weighted by Crippen LogP contribution is 2.36. The fourth-order valence-electron chi connectivity index (χ4n) is 4.67. The zero-order chi connectivity index (χ0) is 23.0. The summed E-state index contributed by atoms with van der Waals surface area (Å²) in [6.07, 6.45) is 4.79. The van der Waals surface area contributed by atoms with E-state index in [1.807, 2.05) is 60.9 Å². The average Bonchev–Trinajstić information content (AvgIpc) is 3.24. The van der Waals surface area contributed by atoms with Gasteiger partial charge in [0, 0.05) is 22.6 Å². The number of hydrogen-bond acceptors (Lipinski definition) is 5. The number of carbonyl (C=O) groups excluding carboxylic acids is 4. The minimum Gasteiger partial charge on any atom is -0.456 e. The van der Waals surface area contributed by atoms with Crippen LogP contribution in [0.25, 0.3) is 5.69 Å². The number of Topliss-reactive ketones (excluding diaryl/α,β-unsaturated/α-hetero) is 1. The monoisotopic (exact) mass is 434 g/mol. The third-order valence-corrected chi connectivity index (χ3v) is 6.36. The van der Waals surface area contributed by atoms with E-state index >= 15 is 0 Å². The summed E-state index contributed by atoms with van der Waals surface area (Å²) in [4.78, 5) is 51.7. The summed E-state index contributed by atoms with van der Waals surface area (Å²) in [5.74, 6) is -2.60. The topological polar surface area (TPSA) is 85.7 Å². The number of para-hydroxylation sites is 1. The van der Waals surface area contributed by atoms with Gasteiger partial charge in [0.25, 0.3) is 0 Å². The molecule has 1 aromatic heterocycles. The standard InChI is InChI=1S/C25H26N2O5/c1-15-13-21(16(2)26(15)18-9-5-4-6-10-18)22(28)14-32-25(31)17(3)27-23(29)19-11-7-8-12-20(19)24(27)30/h4-10,13,17,19-20H,11-12,14H2,1-3H3/t17-,19+,20+/m0/s1. The van der Waals surface area contributed by atoms with Crippen LogP contribution < -0.4 is 0 Å². The molecule has 2 heterocycles. The number of benzene rings is 1. The number of allylic oxidation sites excluding steroid dienone is 2. The quantitative estimate of drug-likeness (QED) is 0.302. The molecule has 4 rings (SSSR count). The van der Waals surface area contributed by atoms with Crippen LogP contribution in [0.3, 0.4) is 0 Å². The summed E-state index contributed by atoms with van der Waals surface area (Å²) in [7, 11) is 0. The van der Waals surface area contributed by atoms with Crippen molar-refractivity contribution < 1.29 is 23.9 Å². The molecule has 0 unspecified atom stereocenters. The second-order valence-electron chi connectivity index (χ2n) is 8.36. The van der Waals surface area contributed by atoms with Crippen LogP contribution in [0.4, 0.5) is 0 Å². The van der Waals surface area contributed by atoms with Gasteiger partial charge in [0.1, 0.15) is 6.04 Å². The molecule has 2 aromatic rings. The van der Waals surface area contributed by atoms with Gasteiger partial charge in [-0.3, -0.25) is 19.3 Å². The predicted octanol–water partition coefficient (Wildman–Crippen LogP) is 3.16. The van der Waals surface area contributed by atoms with Crippen molar-refractivity contribution in [3.05, 3.63) is 65.5 Å². The van der Waals surface area contributed by atoms with Gasteiger partial charge in [0.2, 0.25) is 17.6 Å². The van der Waals surface area contributed by atoms with Crippen LogP contribution in [-0.4, -0.2) is 45.7 Å². The molecule has 1 aromatic carbocycles. The second kappa shape index (κ2) is 8.57. The molecule has 0 saturated carbocycles. The summed E-state index contributed by atoms with van der Waals surface area (Å²) >= 11 is 0. The molecule has 1 aliphatic heterocycles. The number of carbonyl (C=O) groups is 4. The van der Waals surface area contributed by atoms with Gasteiger partial charge in [0.05, 0.1) is 11.8 Å². The molecule has 0 radical (unpaired) electrons. The number of rotatable bonds is 6. The van der Waals surface area contributed by atoms with Crippen molar-refractivity contribution in [3.63, 3.8) is 0 Å². The number of ketones is 1. The molecule has 2 amide bonds. The molecule has 0 N–H and O–H groups in total.